The first-order valence-electron chi connectivity index (χ1n) is 11.8. The van der Waals surface area contributed by atoms with Crippen molar-refractivity contribution < 1.29 is 13.2 Å². The quantitative estimate of drug-likeness (QED) is 0.463. The van der Waals surface area contributed by atoms with Gasteiger partial charge in [0.15, 0.2) is 20.8 Å². The molecule has 3 aromatic rings. The molecule has 190 valence electrons. The van der Waals surface area contributed by atoms with Gasteiger partial charge in [-0.15, -0.1) is 0 Å². The summed E-state index contributed by atoms with van der Waals surface area (Å²) in [5.74, 6) is 0.453. The molecule has 0 unspecified atom stereocenters. The number of benzene rings is 2. The van der Waals surface area contributed by atoms with Crippen molar-refractivity contribution in [3.05, 3.63) is 66.5 Å². The Bertz CT molecular complexity index is 1330. The van der Waals surface area contributed by atoms with Crippen molar-refractivity contribution in [2.24, 2.45) is 0 Å². The Morgan fingerprint density at radius 1 is 1.14 bits per heavy atom. The van der Waals surface area contributed by atoms with Crippen molar-refractivity contribution in [3.63, 3.8) is 0 Å². The molecule has 1 saturated heterocycles. The van der Waals surface area contributed by atoms with Gasteiger partial charge >= 0.3 is 0 Å². The SMILES string of the molecule is CNC(=S)Nc1ccc(-c2ncc(N3CCOC[C@@H]3C)c(C(C)(C)S(=O)(=O)c3ccccc3)n2)cc1. The molecule has 0 aliphatic carbocycles. The van der Waals surface area contributed by atoms with E-state index in [1.54, 1.807) is 57.4 Å². The fourth-order valence-corrected chi connectivity index (χ4v) is 5.80. The van der Waals surface area contributed by atoms with E-state index in [1.807, 2.05) is 24.3 Å². The van der Waals surface area contributed by atoms with Gasteiger partial charge in [0.2, 0.25) is 0 Å². The van der Waals surface area contributed by atoms with Crippen LogP contribution in [0.25, 0.3) is 11.4 Å². The molecule has 4 rings (SSSR count). The molecular weight excluding hydrogens is 494 g/mol. The van der Waals surface area contributed by atoms with Gasteiger partial charge in [0.05, 0.1) is 35.7 Å². The Hall–Kier alpha value is -3.08. The molecule has 10 heteroatoms. The first-order valence-corrected chi connectivity index (χ1v) is 13.6. The number of sulfone groups is 1. The zero-order valence-corrected chi connectivity index (χ0v) is 22.5. The molecular formula is C26H31N5O3S2. The summed E-state index contributed by atoms with van der Waals surface area (Å²) in [5.41, 5.74) is 2.76. The molecule has 2 N–H and O–H groups in total. The van der Waals surface area contributed by atoms with E-state index in [1.165, 1.54) is 0 Å². The molecule has 0 bridgehead atoms. The first-order chi connectivity index (χ1) is 17.1. The lowest BCUT2D eigenvalue weighted by atomic mass is 10.0. The van der Waals surface area contributed by atoms with Crippen molar-refractivity contribution >= 4 is 38.5 Å². The number of ether oxygens (including phenoxy) is 1. The van der Waals surface area contributed by atoms with Gasteiger partial charge in [-0.3, -0.25) is 0 Å². The molecule has 0 saturated carbocycles. The third-order valence-electron chi connectivity index (χ3n) is 6.37. The van der Waals surface area contributed by atoms with E-state index in [-0.39, 0.29) is 10.9 Å². The zero-order valence-electron chi connectivity index (χ0n) is 20.9. The smallest absolute Gasteiger partial charge is 0.189 e. The summed E-state index contributed by atoms with van der Waals surface area (Å²) < 4.78 is 32.0. The number of nitrogens with one attached hydrogen (secondary N) is 2. The predicted molar refractivity (Wildman–Crippen MR) is 147 cm³/mol. The number of morpholine rings is 1. The molecule has 1 aliphatic heterocycles. The summed E-state index contributed by atoms with van der Waals surface area (Å²) >= 11 is 5.17. The van der Waals surface area contributed by atoms with Gasteiger partial charge in [-0.25, -0.2) is 18.4 Å². The van der Waals surface area contributed by atoms with E-state index in [4.69, 9.17) is 21.9 Å². The Balaban J connectivity index is 1.82. The topological polar surface area (TPSA) is 96.5 Å². The predicted octanol–water partition coefficient (Wildman–Crippen LogP) is 3.99. The highest BCUT2D eigenvalue weighted by Gasteiger charge is 2.42. The van der Waals surface area contributed by atoms with Crippen molar-refractivity contribution in [2.75, 3.05) is 37.0 Å². The molecule has 2 aromatic carbocycles. The van der Waals surface area contributed by atoms with Crippen LogP contribution in [0.15, 0.2) is 65.7 Å². The summed E-state index contributed by atoms with van der Waals surface area (Å²) in [7, 11) is -2.02. The largest absolute Gasteiger partial charge is 0.377 e. The number of hydrogen-bond acceptors (Lipinski definition) is 7. The summed E-state index contributed by atoms with van der Waals surface area (Å²) in [5, 5.41) is 6.47. The second-order valence-corrected chi connectivity index (χ2v) is 12.1. The summed E-state index contributed by atoms with van der Waals surface area (Å²) in [4.78, 5) is 11.9. The number of nitrogens with zero attached hydrogens (tertiary/aromatic N) is 3. The monoisotopic (exact) mass is 525 g/mol. The van der Waals surface area contributed by atoms with E-state index in [9.17, 15) is 8.42 Å². The fourth-order valence-electron chi connectivity index (χ4n) is 4.17. The maximum absolute atomic E-state index is 13.9. The second-order valence-electron chi connectivity index (χ2n) is 9.15. The summed E-state index contributed by atoms with van der Waals surface area (Å²) in [6, 6.07) is 16.1. The number of anilines is 2. The van der Waals surface area contributed by atoms with Gasteiger partial charge in [-0.2, -0.15) is 0 Å². The van der Waals surface area contributed by atoms with Crippen LogP contribution in [0, 0.1) is 0 Å². The standard InChI is InChI=1S/C26H31N5O3S2/c1-18-17-34-15-14-31(18)22-16-28-24(19-10-12-20(13-11-19)29-25(35)27-4)30-23(22)26(2,3)36(32,33)21-8-6-5-7-9-21/h5-13,16,18H,14-15,17H2,1-4H3,(H2,27,29,35)/t18-/m0/s1. The summed E-state index contributed by atoms with van der Waals surface area (Å²) in [6.07, 6.45) is 1.74. The normalized spacial score (nSPS) is 16.4. The fraction of sp³-hybridized carbons (Fsp3) is 0.346. The van der Waals surface area contributed by atoms with Crippen LogP contribution in [-0.2, 0) is 19.3 Å². The molecule has 1 aliphatic rings. The van der Waals surface area contributed by atoms with E-state index in [0.29, 0.717) is 42.1 Å². The van der Waals surface area contributed by atoms with Crippen molar-refractivity contribution in [1.29, 1.82) is 0 Å². The molecule has 36 heavy (non-hydrogen) atoms. The second kappa shape index (κ2) is 10.5. The van der Waals surface area contributed by atoms with Crippen molar-refractivity contribution in [2.45, 2.75) is 36.5 Å². The Kier molecular flexibility index (Phi) is 7.58. The van der Waals surface area contributed by atoms with Gasteiger partial charge < -0.3 is 20.3 Å². The minimum atomic E-state index is -3.77. The average Bonchev–Trinajstić information content (AvgIpc) is 2.89. The minimum Gasteiger partial charge on any atom is -0.377 e. The lowest BCUT2D eigenvalue weighted by molar-refractivity contribution is 0.0987. The van der Waals surface area contributed by atoms with E-state index < -0.39 is 14.6 Å². The van der Waals surface area contributed by atoms with Gasteiger partial charge in [0.25, 0.3) is 0 Å². The average molecular weight is 526 g/mol. The third-order valence-corrected chi connectivity index (χ3v) is 9.11. The number of rotatable bonds is 6. The van der Waals surface area contributed by atoms with Crippen molar-refractivity contribution in [3.8, 4) is 11.4 Å². The molecule has 0 amide bonds. The maximum atomic E-state index is 13.9. The highest BCUT2D eigenvalue weighted by molar-refractivity contribution is 7.92. The van der Waals surface area contributed by atoms with Crippen LogP contribution >= 0.6 is 12.2 Å². The van der Waals surface area contributed by atoms with Crippen LogP contribution in [0.1, 0.15) is 26.5 Å². The first kappa shape index (κ1) is 26.0. The van der Waals surface area contributed by atoms with Gasteiger partial charge in [-0.1, -0.05) is 18.2 Å². The van der Waals surface area contributed by atoms with Gasteiger partial charge in [0, 0.05) is 30.9 Å². The van der Waals surface area contributed by atoms with Crippen LogP contribution in [0.2, 0.25) is 0 Å². The van der Waals surface area contributed by atoms with Crippen LogP contribution in [0.3, 0.4) is 0 Å². The lowest BCUT2D eigenvalue weighted by Gasteiger charge is -2.38. The number of hydrogen-bond donors (Lipinski definition) is 2. The van der Waals surface area contributed by atoms with E-state index in [2.05, 4.69) is 27.4 Å². The molecule has 2 heterocycles. The lowest BCUT2D eigenvalue weighted by Crippen LogP contribution is -2.45. The Morgan fingerprint density at radius 3 is 2.47 bits per heavy atom. The number of aromatic nitrogens is 2. The highest BCUT2D eigenvalue weighted by atomic mass is 32.2. The highest BCUT2D eigenvalue weighted by Crippen LogP contribution is 2.40. The van der Waals surface area contributed by atoms with Crippen LogP contribution in [0.5, 0.6) is 0 Å². The molecule has 1 fully saturated rings. The molecule has 0 radical (unpaired) electrons. The van der Waals surface area contributed by atoms with Crippen molar-refractivity contribution in [1.82, 2.24) is 15.3 Å². The summed E-state index contributed by atoms with van der Waals surface area (Å²) in [6.45, 7) is 7.21. The molecule has 8 nitrogen and oxygen atoms in total. The zero-order chi connectivity index (χ0) is 25.9. The maximum Gasteiger partial charge on any atom is 0.189 e. The van der Waals surface area contributed by atoms with Gasteiger partial charge in [-0.05, 0) is 69.4 Å². The van der Waals surface area contributed by atoms with Crippen LogP contribution < -0.4 is 15.5 Å². The Morgan fingerprint density at radius 2 is 1.83 bits per heavy atom. The van der Waals surface area contributed by atoms with E-state index in [0.717, 1.165) is 11.3 Å². The molecule has 1 aromatic heterocycles. The molecule has 1 atom stereocenters. The van der Waals surface area contributed by atoms with Gasteiger partial charge in [0.1, 0.15) is 4.75 Å². The number of thiocarbonyl (C=S) groups is 1. The van der Waals surface area contributed by atoms with Crippen LogP contribution in [0.4, 0.5) is 11.4 Å². The molecule has 0 spiro atoms. The Labute approximate surface area is 218 Å². The van der Waals surface area contributed by atoms with Crippen LogP contribution in [-0.4, -0.2) is 56.3 Å². The van der Waals surface area contributed by atoms with E-state index >= 15 is 0 Å². The minimum absolute atomic E-state index is 0.0588. The third kappa shape index (κ3) is 5.07.